The highest BCUT2D eigenvalue weighted by Crippen LogP contribution is 2.42. The lowest BCUT2D eigenvalue weighted by molar-refractivity contribution is 0.0515. The first kappa shape index (κ1) is 11.0. The first-order chi connectivity index (χ1) is 7.37. The number of anilines is 1. The van der Waals surface area contributed by atoms with Crippen molar-refractivity contribution in [2.45, 2.75) is 45.1 Å². The minimum absolute atomic E-state index is 0.438. The SMILES string of the molecule is CC(C)(C)OC(=O)n1cc(C2CC2)c(N)n1. The Morgan fingerprint density at radius 1 is 1.56 bits per heavy atom. The maximum Gasteiger partial charge on any atom is 0.435 e. The third-order valence-corrected chi connectivity index (χ3v) is 2.37. The van der Waals surface area contributed by atoms with Crippen LogP contribution < -0.4 is 5.73 Å². The molecule has 0 atom stereocenters. The molecule has 1 aliphatic rings. The Labute approximate surface area is 94.6 Å². The number of aromatic nitrogens is 2. The van der Waals surface area contributed by atoms with E-state index in [-0.39, 0.29) is 0 Å². The summed E-state index contributed by atoms with van der Waals surface area (Å²) in [5, 5.41) is 3.98. The molecule has 0 unspecified atom stereocenters. The van der Waals surface area contributed by atoms with Crippen molar-refractivity contribution in [2.24, 2.45) is 0 Å². The number of ether oxygens (including phenoxy) is 1. The van der Waals surface area contributed by atoms with Crippen LogP contribution in [0.2, 0.25) is 0 Å². The van der Waals surface area contributed by atoms with Gasteiger partial charge < -0.3 is 10.5 Å². The van der Waals surface area contributed by atoms with E-state index in [4.69, 9.17) is 10.5 Å². The van der Waals surface area contributed by atoms with Gasteiger partial charge >= 0.3 is 6.09 Å². The van der Waals surface area contributed by atoms with Crippen LogP contribution in [0.25, 0.3) is 0 Å². The Balaban J connectivity index is 2.14. The van der Waals surface area contributed by atoms with Gasteiger partial charge in [-0.15, -0.1) is 5.10 Å². The van der Waals surface area contributed by atoms with Crippen LogP contribution in [0.15, 0.2) is 6.20 Å². The third-order valence-electron chi connectivity index (χ3n) is 2.37. The van der Waals surface area contributed by atoms with E-state index >= 15 is 0 Å². The van der Waals surface area contributed by atoms with Gasteiger partial charge in [0, 0.05) is 11.8 Å². The zero-order valence-corrected chi connectivity index (χ0v) is 9.86. The van der Waals surface area contributed by atoms with Gasteiger partial charge in [0.25, 0.3) is 0 Å². The molecule has 0 bridgehead atoms. The van der Waals surface area contributed by atoms with Crippen LogP contribution in [0.1, 0.15) is 45.1 Å². The fourth-order valence-electron chi connectivity index (χ4n) is 1.51. The Bertz CT molecular complexity index is 413. The fraction of sp³-hybridized carbons (Fsp3) is 0.636. The maximum atomic E-state index is 11.7. The number of nitrogen functional groups attached to an aromatic ring is 1. The Kier molecular flexibility index (Phi) is 2.40. The number of nitrogens with two attached hydrogens (primary N) is 1. The van der Waals surface area contributed by atoms with E-state index < -0.39 is 11.7 Å². The van der Waals surface area contributed by atoms with E-state index in [1.165, 1.54) is 4.68 Å². The maximum absolute atomic E-state index is 11.7. The van der Waals surface area contributed by atoms with Gasteiger partial charge in [-0.1, -0.05) is 0 Å². The highest BCUT2D eigenvalue weighted by Gasteiger charge is 2.29. The van der Waals surface area contributed by atoms with E-state index in [0.717, 1.165) is 18.4 Å². The quantitative estimate of drug-likeness (QED) is 0.791. The molecule has 1 saturated carbocycles. The summed E-state index contributed by atoms with van der Waals surface area (Å²) in [6, 6.07) is 0. The molecule has 1 aromatic rings. The van der Waals surface area contributed by atoms with Gasteiger partial charge in [0.2, 0.25) is 0 Å². The summed E-state index contributed by atoms with van der Waals surface area (Å²) < 4.78 is 6.39. The van der Waals surface area contributed by atoms with E-state index in [9.17, 15) is 4.79 Å². The number of carbonyl (C=O) groups excluding carboxylic acids is 1. The molecule has 1 heterocycles. The summed E-state index contributed by atoms with van der Waals surface area (Å²) in [5.74, 6) is 0.921. The van der Waals surface area contributed by atoms with Crippen molar-refractivity contribution < 1.29 is 9.53 Å². The molecule has 0 spiro atoms. The van der Waals surface area contributed by atoms with Gasteiger partial charge in [0.05, 0.1) is 0 Å². The van der Waals surface area contributed by atoms with Crippen molar-refractivity contribution in [3.63, 3.8) is 0 Å². The van der Waals surface area contributed by atoms with Crippen LogP contribution in [0.5, 0.6) is 0 Å². The van der Waals surface area contributed by atoms with Crippen molar-refractivity contribution in [1.82, 2.24) is 9.78 Å². The second-order valence-corrected chi connectivity index (χ2v) is 5.17. The molecule has 16 heavy (non-hydrogen) atoms. The zero-order valence-electron chi connectivity index (χ0n) is 9.86. The summed E-state index contributed by atoms with van der Waals surface area (Å²) >= 11 is 0. The molecular formula is C11H17N3O2. The molecule has 2 rings (SSSR count). The smallest absolute Gasteiger partial charge is 0.435 e. The third kappa shape index (κ3) is 2.35. The summed E-state index contributed by atoms with van der Waals surface area (Å²) in [7, 11) is 0. The Morgan fingerprint density at radius 3 is 2.69 bits per heavy atom. The number of nitrogens with zero attached hydrogens (tertiary/aromatic N) is 2. The topological polar surface area (TPSA) is 70.1 Å². The van der Waals surface area contributed by atoms with Crippen LogP contribution in [0.4, 0.5) is 10.6 Å². The van der Waals surface area contributed by atoms with Gasteiger partial charge in [-0.2, -0.15) is 4.68 Å². The van der Waals surface area contributed by atoms with Crippen LogP contribution in [0.3, 0.4) is 0 Å². The fourth-order valence-corrected chi connectivity index (χ4v) is 1.51. The normalized spacial score (nSPS) is 16.2. The monoisotopic (exact) mass is 223 g/mol. The summed E-state index contributed by atoms with van der Waals surface area (Å²) in [6.07, 6.45) is 3.46. The van der Waals surface area contributed by atoms with Crippen molar-refractivity contribution in [2.75, 3.05) is 5.73 Å². The summed E-state index contributed by atoms with van der Waals surface area (Å²) in [5.41, 5.74) is 6.19. The van der Waals surface area contributed by atoms with Crippen molar-refractivity contribution in [3.05, 3.63) is 11.8 Å². The van der Waals surface area contributed by atoms with E-state index in [2.05, 4.69) is 5.10 Å². The molecule has 0 radical (unpaired) electrons. The average Bonchev–Trinajstić information content (AvgIpc) is 2.87. The summed E-state index contributed by atoms with van der Waals surface area (Å²) in [6.45, 7) is 5.46. The molecule has 2 N–H and O–H groups in total. The lowest BCUT2D eigenvalue weighted by Gasteiger charge is -2.18. The second kappa shape index (κ2) is 3.50. The molecule has 5 nitrogen and oxygen atoms in total. The molecule has 0 aliphatic heterocycles. The zero-order chi connectivity index (χ0) is 11.9. The van der Waals surface area contributed by atoms with Crippen molar-refractivity contribution in [3.8, 4) is 0 Å². The number of rotatable bonds is 1. The largest absolute Gasteiger partial charge is 0.442 e. The molecule has 0 aromatic carbocycles. The highest BCUT2D eigenvalue weighted by atomic mass is 16.6. The highest BCUT2D eigenvalue weighted by molar-refractivity contribution is 5.71. The molecular weight excluding hydrogens is 206 g/mol. The second-order valence-electron chi connectivity index (χ2n) is 5.17. The van der Waals surface area contributed by atoms with E-state index in [1.54, 1.807) is 6.20 Å². The molecule has 1 fully saturated rings. The number of hydrogen-bond acceptors (Lipinski definition) is 4. The molecule has 0 amide bonds. The average molecular weight is 223 g/mol. The van der Waals surface area contributed by atoms with Gasteiger partial charge in [-0.25, -0.2) is 4.79 Å². The lowest BCUT2D eigenvalue weighted by Crippen LogP contribution is -2.27. The van der Waals surface area contributed by atoms with Crippen LogP contribution >= 0.6 is 0 Å². The predicted octanol–water partition coefficient (Wildman–Crippen LogP) is 2.13. The number of carbonyl (C=O) groups is 1. The molecule has 5 heteroatoms. The minimum Gasteiger partial charge on any atom is -0.442 e. The number of hydrogen-bond donors (Lipinski definition) is 1. The lowest BCUT2D eigenvalue weighted by atomic mass is 10.2. The first-order valence-electron chi connectivity index (χ1n) is 5.45. The Hall–Kier alpha value is -1.52. The van der Waals surface area contributed by atoms with Gasteiger partial charge in [-0.05, 0) is 39.5 Å². The van der Waals surface area contributed by atoms with Crippen molar-refractivity contribution in [1.29, 1.82) is 0 Å². The van der Waals surface area contributed by atoms with Crippen molar-refractivity contribution >= 4 is 11.9 Å². The van der Waals surface area contributed by atoms with Crippen LogP contribution in [0, 0.1) is 0 Å². The molecule has 1 aliphatic carbocycles. The van der Waals surface area contributed by atoms with Gasteiger partial charge in [-0.3, -0.25) is 0 Å². The Morgan fingerprint density at radius 2 is 2.19 bits per heavy atom. The minimum atomic E-state index is -0.516. The molecule has 1 aromatic heterocycles. The predicted molar refractivity (Wildman–Crippen MR) is 60.2 cm³/mol. The molecule has 88 valence electrons. The summed E-state index contributed by atoms with van der Waals surface area (Å²) in [4.78, 5) is 11.7. The standard InChI is InChI=1S/C11H17N3O2/c1-11(2,3)16-10(15)14-6-8(7-4-5-7)9(12)13-14/h6-7H,4-5H2,1-3H3,(H2,12,13). The van der Waals surface area contributed by atoms with Crippen LogP contribution in [-0.4, -0.2) is 21.5 Å². The molecule has 0 saturated heterocycles. The first-order valence-corrected chi connectivity index (χ1v) is 5.45. The van der Waals surface area contributed by atoms with Gasteiger partial charge in [0.1, 0.15) is 11.4 Å². The van der Waals surface area contributed by atoms with E-state index in [0.29, 0.717) is 11.7 Å². The van der Waals surface area contributed by atoms with Gasteiger partial charge in [0.15, 0.2) is 0 Å². The van der Waals surface area contributed by atoms with Crippen LogP contribution in [-0.2, 0) is 4.74 Å². The van der Waals surface area contributed by atoms with E-state index in [1.807, 2.05) is 20.8 Å².